The molecule has 0 radical (unpaired) electrons. The highest BCUT2D eigenvalue weighted by Gasteiger charge is 2.44. The number of hydrogen-bond acceptors (Lipinski definition) is 2. The number of carbonyl (C=O) groups excluding carboxylic acids is 1. The quantitative estimate of drug-likeness (QED) is 0.877. The minimum Gasteiger partial charge on any atom is -0.480 e. The first kappa shape index (κ1) is 15.3. The number of amides is 1. The van der Waals surface area contributed by atoms with Gasteiger partial charge in [0.15, 0.2) is 0 Å². The van der Waals surface area contributed by atoms with E-state index in [4.69, 9.17) is 11.6 Å². The molecule has 1 aromatic carbocycles. The summed E-state index contributed by atoms with van der Waals surface area (Å²) in [7, 11) is 0. The molecule has 1 atom stereocenters. The van der Waals surface area contributed by atoms with E-state index in [0.717, 1.165) is 12.8 Å². The SMILES string of the molecule is CC1(C(=O)O)CCCCN1C(=O)c1ccc(Cl)cc1Br. The van der Waals surface area contributed by atoms with Crippen molar-refractivity contribution in [1.82, 2.24) is 4.90 Å². The monoisotopic (exact) mass is 359 g/mol. The Morgan fingerprint density at radius 1 is 1.40 bits per heavy atom. The Labute approximate surface area is 130 Å². The number of benzene rings is 1. The molecule has 0 bridgehead atoms. The van der Waals surface area contributed by atoms with Crippen molar-refractivity contribution in [2.24, 2.45) is 0 Å². The van der Waals surface area contributed by atoms with E-state index in [0.29, 0.717) is 28.0 Å². The number of halogens is 2. The molecule has 0 spiro atoms. The molecule has 1 aliphatic rings. The van der Waals surface area contributed by atoms with Crippen LogP contribution in [0.15, 0.2) is 22.7 Å². The highest BCUT2D eigenvalue weighted by molar-refractivity contribution is 9.10. The third-order valence-corrected chi connectivity index (χ3v) is 4.65. The zero-order valence-electron chi connectivity index (χ0n) is 11.0. The molecule has 0 saturated carbocycles. The summed E-state index contributed by atoms with van der Waals surface area (Å²) in [6, 6.07) is 4.88. The van der Waals surface area contributed by atoms with Gasteiger partial charge in [0.25, 0.3) is 5.91 Å². The van der Waals surface area contributed by atoms with Gasteiger partial charge >= 0.3 is 5.97 Å². The first-order valence-electron chi connectivity index (χ1n) is 6.36. The number of aliphatic carboxylic acids is 1. The maximum atomic E-state index is 12.6. The van der Waals surface area contributed by atoms with Crippen molar-refractivity contribution in [2.75, 3.05) is 6.54 Å². The van der Waals surface area contributed by atoms with E-state index >= 15 is 0 Å². The third-order valence-electron chi connectivity index (χ3n) is 3.76. The van der Waals surface area contributed by atoms with Crippen LogP contribution in [0.25, 0.3) is 0 Å². The van der Waals surface area contributed by atoms with E-state index in [2.05, 4.69) is 15.9 Å². The zero-order valence-corrected chi connectivity index (χ0v) is 13.4. The second-order valence-corrected chi connectivity index (χ2v) is 6.41. The molecule has 2 rings (SSSR count). The predicted molar refractivity (Wildman–Crippen MR) is 80.1 cm³/mol. The fraction of sp³-hybridized carbons (Fsp3) is 0.429. The second-order valence-electron chi connectivity index (χ2n) is 5.12. The van der Waals surface area contributed by atoms with Crippen molar-refractivity contribution in [1.29, 1.82) is 0 Å². The highest BCUT2D eigenvalue weighted by atomic mass is 79.9. The van der Waals surface area contributed by atoms with Gasteiger partial charge in [0, 0.05) is 16.0 Å². The number of piperidine rings is 1. The Bertz CT molecular complexity index is 563. The molecule has 1 aromatic rings. The van der Waals surface area contributed by atoms with Crippen molar-refractivity contribution >= 4 is 39.4 Å². The van der Waals surface area contributed by atoms with Gasteiger partial charge in [-0.05, 0) is 60.3 Å². The lowest BCUT2D eigenvalue weighted by Crippen LogP contribution is -2.57. The Balaban J connectivity index is 2.37. The lowest BCUT2D eigenvalue weighted by Gasteiger charge is -2.41. The fourth-order valence-electron chi connectivity index (χ4n) is 2.48. The lowest BCUT2D eigenvalue weighted by molar-refractivity contribution is -0.150. The maximum Gasteiger partial charge on any atom is 0.329 e. The summed E-state index contributed by atoms with van der Waals surface area (Å²) in [5.41, 5.74) is -0.710. The number of nitrogens with zero attached hydrogens (tertiary/aromatic N) is 1. The van der Waals surface area contributed by atoms with Crippen LogP contribution in [0.3, 0.4) is 0 Å². The van der Waals surface area contributed by atoms with Gasteiger partial charge in [-0.3, -0.25) is 4.79 Å². The molecular formula is C14H15BrClNO3. The number of carboxylic acids is 1. The number of rotatable bonds is 2. The molecule has 1 heterocycles. The van der Waals surface area contributed by atoms with Crippen LogP contribution in [-0.2, 0) is 4.79 Å². The minimum atomic E-state index is -1.14. The highest BCUT2D eigenvalue weighted by Crippen LogP contribution is 2.32. The molecular weight excluding hydrogens is 346 g/mol. The fourth-order valence-corrected chi connectivity index (χ4v) is 3.33. The van der Waals surface area contributed by atoms with Crippen LogP contribution in [0.2, 0.25) is 5.02 Å². The Morgan fingerprint density at radius 2 is 2.10 bits per heavy atom. The van der Waals surface area contributed by atoms with Crippen molar-refractivity contribution in [3.8, 4) is 0 Å². The van der Waals surface area contributed by atoms with Crippen LogP contribution in [0.5, 0.6) is 0 Å². The number of carbonyl (C=O) groups is 2. The van der Waals surface area contributed by atoms with E-state index in [9.17, 15) is 14.7 Å². The van der Waals surface area contributed by atoms with Crippen LogP contribution in [0.4, 0.5) is 0 Å². The lowest BCUT2D eigenvalue weighted by atomic mass is 9.88. The van der Waals surface area contributed by atoms with Crippen LogP contribution in [0, 0.1) is 0 Å². The van der Waals surface area contributed by atoms with Gasteiger partial charge in [0.05, 0.1) is 5.56 Å². The number of carboxylic acid groups (broad SMARTS) is 1. The van der Waals surface area contributed by atoms with Crippen molar-refractivity contribution in [3.63, 3.8) is 0 Å². The summed E-state index contributed by atoms with van der Waals surface area (Å²) in [5, 5.41) is 9.97. The van der Waals surface area contributed by atoms with Gasteiger partial charge in [0.2, 0.25) is 0 Å². The maximum absolute atomic E-state index is 12.6. The van der Waals surface area contributed by atoms with Gasteiger partial charge in [0.1, 0.15) is 5.54 Å². The minimum absolute atomic E-state index is 0.279. The van der Waals surface area contributed by atoms with Crippen molar-refractivity contribution in [2.45, 2.75) is 31.7 Å². The van der Waals surface area contributed by atoms with Gasteiger partial charge < -0.3 is 10.0 Å². The molecule has 1 unspecified atom stereocenters. The summed E-state index contributed by atoms with van der Waals surface area (Å²) in [6.07, 6.45) is 2.10. The molecule has 20 heavy (non-hydrogen) atoms. The summed E-state index contributed by atoms with van der Waals surface area (Å²) in [5.74, 6) is -1.24. The van der Waals surface area contributed by atoms with Crippen LogP contribution in [0.1, 0.15) is 36.5 Å². The molecule has 108 valence electrons. The van der Waals surface area contributed by atoms with Gasteiger partial charge in [-0.15, -0.1) is 0 Å². The van der Waals surface area contributed by atoms with Gasteiger partial charge in [-0.25, -0.2) is 4.79 Å². The van der Waals surface area contributed by atoms with Crippen molar-refractivity contribution in [3.05, 3.63) is 33.3 Å². The molecule has 1 saturated heterocycles. The van der Waals surface area contributed by atoms with Crippen LogP contribution >= 0.6 is 27.5 Å². The number of likely N-dealkylation sites (tertiary alicyclic amines) is 1. The summed E-state index contributed by atoms with van der Waals surface area (Å²) < 4.78 is 0.577. The summed E-state index contributed by atoms with van der Waals surface area (Å²) in [6.45, 7) is 2.06. The van der Waals surface area contributed by atoms with E-state index in [1.807, 2.05) is 0 Å². The van der Waals surface area contributed by atoms with Crippen LogP contribution < -0.4 is 0 Å². The topological polar surface area (TPSA) is 57.6 Å². The number of hydrogen-bond donors (Lipinski definition) is 1. The predicted octanol–water partition coefficient (Wildman–Crippen LogP) is 3.57. The molecule has 1 amide bonds. The Morgan fingerprint density at radius 3 is 2.70 bits per heavy atom. The average molecular weight is 361 g/mol. The Hall–Kier alpha value is -1.07. The summed E-state index contributed by atoms with van der Waals surface area (Å²) in [4.78, 5) is 25.6. The van der Waals surface area contributed by atoms with Gasteiger partial charge in [-0.1, -0.05) is 11.6 Å². The molecule has 1 aliphatic heterocycles. The summed E-state index contributed by atoms with van der Waals surface area (Å²) >= 11 is 9.17. The molecule has 0 aromatic heterocycles. The largest absolute Gasteiger partial charge is 0.480 e. The molecule has 0 aliphatic carbocycles. The zero-order chi connectivity index (χ0) is 14.9. The van der Waals surface area contributed by atoms with E-state index in [-0.39, 0.29) is 5.91 Å². The first-order valence-corrected chi connectivity index (χ1v) is 7.54. The van der Waals surface area contributed by atoms with Crippen LogP contribution in [-0.4, -0.2) is 34.0 Å². The van der Waals surface area contributed by atoms with Gasteiger partial charge in [-0.2, -0.15) is 0 Å². The van der Waals surface area contributed by atoms with E-state index < -0.39 is 11.5 Å². The van der Waals surface area contributed by atoms with E-state index in [1.54, 1.807) is 25.1 Å². The Kier molecular flexibility index (Phi) is 4.39. The molecule has 1 fully saturated rings. The van der Waals surface area contributed by atoms with E-state index in [1.165, 1.54) is 4.90 Å². The average Bonchev–Trinajstić information content (AvgIpc) is 2.38. The molecule has 4 nitrogen and oxygen atoms in total. The second kappa shape index (κ2) is 5.74. The first-order chi connectivity index (χ1) is 9.36. The van der Waals surface area contributed by atoms with Crippen molar-refractivity contribution < 1.29 is 14.7 Å². The smallest absolute Gasteiger partial charge is 0.329 e. The molecule has 6 heteroatoms. The third kappa shape index (κ3) is 2.69. The normalized spacial score (nSPS) is 22.6. The standard InChI is InChI=1S/C14H15BrClNO3/c1-14(13(19)20)6-2-3-7-17(14)12(18)10-5-4-9(16)8-11(10)15/h4-5,8H,2-3,6-7H2,1H3,(H,19,20). The molecule has 1 N–H and O–H groups in total.